The number of ether oxygens (including phenoxy) is 3. The third-order valence-electron chi connectivity index (χ3n) is 11.9. The molecule has 2 aliphatic heterocycles. The highest BCUT2D eigenvalue weighted by molar-refractivity contribution is 7.89. The predicted octanol–water partition coefficient (Wildman–Crippen LogP) is 7.94. The summed E-state index contributed by atoms with van der Waals surface area (Å²) in [5, 5.41) is 3.28. The first-order valence-corrected chi connectivity index (χ1v) is 21.5. The Morgan fingerprint density at radius 2 is 1.40 bits per heavy atom. The van der Waals surface area contributed by atoms with Crippen LogP contribution < -0.4 is 14.8 Å². The van der Waals surface area contributed by atoms with Gasteiger partial charge in [0.15, 0.2) is 0 Å². The van der Waals surface area contributed by atoms with E-state index in [1.807, 2.05) is 67.6 Å². The number of benzene rings is 5. The quantitative estimate of drug-likeness (QED) is 0.116. The molecule has 11 heteroatoms. The molecule has 0 aromatic heterocycles. The van der Waals surface area contributed by atoms with Crippen LogP contribution in [0, 0.1) is 12.8 Å². The predicted molar refractivity (Wildman–Crippen MR) is 223 cm³/mol. The van der Waals surface area contributed by atoms with Crippen molar-refractivity contribution in [1.82, 2.24) is 14.9 Å². The fraction of sp³-hybridized carbons (Fsp3) is 0.319. The van der Waals surface area contributed by atoms with E-state index in [-0.39, 0.29) is 49.4 Å². The van der Waals surface area contributed by atoms with Gasteiger partial charge >= 0.3 is 6.09 Å². The maximum absolute atomic E-state index is 14.5. The molecule has 2 N–H and O–H groups in total. The fourth-order valence-electron chi connectivity index (χ4n) is 8.98. The van der Waals surface area contributed by atoms with Crippen molar-refractivity contribution in [2.24, 2.45) is 5.92 Å². The minimum absolute atomic E-state index is 0.0487. The molecule has 3 aliphatic rings. The average Bonchev–Trinajstić information content (AvgIpc) is 3.56. The molecule has 5 aromatic rings. The Morgan fingerprint density at radius 3 is 2.03 bits per heavy atom. The van der Waals surface area contributed by atoms with E-state index in [4.69, 9.17) is 14.2 Å². The van der Waals surface area contributed by atoms with Crippen LogP contribution in [0.25, 0.3) is 11.1 Å². The lowest BCUT2D eigenvalue weighted by molar-refractivity contribution is -0.127. The van der Waals surface area contributed by atoms with E-state index in [0.717, 1.165) is 69.7 Å². The number of unbranched alkanes of at least 4 members (excludes halogenated alkanes) is 1. The number of likely N-dealkylation sites (tertiary alicyclic amines) is 1. The highest BCUT2D eigenvalue weighted by atomic mass is 32.2. The Morgan fingerprint density at radius 1 is 0.793 bits per heavy atom. The number of carbonyl (C=O) groups is 2. The van der Waals surface area contributed by atoms with Gasteiger partial charge in [-0.05, 0) is 79.1 Å². The van der Waals surface area contributed by atoms with Crippen molar-refractivity contribution in [1.29, 1.82) is 0 Å². The number of methoxy groups -OCH3 is 1. The standard InChI is InChI=1S/C47H49N3O7S/c1-32-21-23-35(24-22-32)58(53,54)49-34-27-33(28-50(29-34)46(52)56-30-40-38-15-5-3-13-36(38)37-14-4-6-16-39(37)40)45(51)48-31-47(25-11-12-26-55-2)41-17-7-9-19-43(41)57-44-20-10-8-18-42(44)47/h3-10,13-24,33-34,40,49H,11-12,25-31H2,1-2H3,(H,48,51)/t33-,34+/m0/s1. The molecule has 2 atom stereocenters. The molecule has 0 spiro atoms. The van der Waals surface area contributed by atoms with Gasteiger partial charge in [0.25, 0.3) is 0 Å². The van der Waals surface area contributed by atoms with Gasteiger partial charge in [-0.2, -0.15) is 0 Å². The van der Waals surface area contributed by atoms with Gasteiger partial charge < -0.3 is 24.4 Å². The van der Waals surface area contributed by atoms with E-state index in [1.165, 1.54) is 4.90 Å². The second-order valence-corrected chi connectivity index (χ2v) is 17.3. The van der Waals surface area contributed by atoms with Crippen molar-refractivity contribution >= 4 is 22.0 Å². The Bertz CT molecular complexity index is 2310. The van der Waals surface area contributed by atoms with Gasteiger partial charge in [0.2, 0.25) is 15.9 Å². The number of amides is 2. The van der Waals surface area contributed by atoms with Gasteiger partial charge in [-0.25, -0.2) is 17.9 Å². The summed E-state index contributed by atoms with van der Waals surface area (Å²) >= 11 is 0. The third-order valence-corrected chi connectivity index (χ3v) is 13.4. The van der Waals surface area contributed by atoms with Crippen LogP contribution in [0.5, 0.6) is 11.5 Å². The lowest BCUT2D eigenvalue weighted by Crippen LogP contribution is -2.56. The molecule has 2 heterocycles. The number of nitrogens with zero attached hydrogens (tertiary/aromatic N) is 1. The lowest BCUT2D eigenvalue weighted by atomic mass is 9.69. The van der Waals surface area contributed by atoms with Crippen LogP contribution in [0.3, 0.4) is 0 Å². The number of sulfonamides is 1. The molecule has 10 nitrogen and oxygen atoms in total. The number of hydrogen-bond acceptors (Lipinski definition) is 7. The lowest BCUT2D eigenvalue weighted by Gasteiger charge is -2.41. The molecule has 0 radical (unpaired) electrons. The number of para-hydroxylation sites is 2. The van der Waals surface area contributed by atoms with Crippen molar-refractivity contribution in [2.45, 2.75) is 54.9 Å². The number of hydrogen-bond donors (Lipinski definition) is 2. The summed E-state index contributed by atoms with van der Waals surface area (Å²) in [6, 6.07) is 38.0. The highest BCUT2D eigenvalue weighted by Crippen LogP contribution is 2.50. The van der Waals surface area contributed by atoms with Crippen molar-refractivity contribution in [2.75, 3.05) is 40.0 Å². The Hall–Kier alpha value is -5.49. The largest absolute Gasteiger partial charge is 0.457 e. The van der Waals surface area contributed by atoms with E-state index in [9.17, 15) is 18.0 Å². The second-order valence-electron chi connectivity index (χ2n) is 15.6. The zero-order chi connectivity index (χ0) is 40.3. The van der Waals surface area contributed by atoms with E-state index < -0.39 is 33.5 Å². The molecule has 0 bridgehead atoms. The molecule has 1 aliphatic carbocycles. The normalized spacial score (nSPS) is 17.9. The van der Waals surface area contributed by atoms with Gasteiger partial charge in [0, 0.05) is 61.9 Å². The van der Waals surface area contributed by atoms with Gasteiger partial charge in [-0.1, -0.05) is 103 Å². The summed E-state index contributed by atoms with van der Waals surface area (Å²) in [5.74, 6) is 0.337. The summed E-state index contributed by atoms with van der Waals surface area (Å²) < 4.78 is 48.0. The van der Waals surface area contributed by atoms with Crippen LogP contribution in [0.15, 0.2) is 126 Å². The highest BCUT2D eigenvalue weighted by Gasteiger charge is 2.43. The number of fused-ring (bicyclic) bond motifs is 5. The van der Waals surface area contributed by atoms with Crippen molar-refractivity contribution < 1.29 is 32.2 Å². The van der Waals surface area contributed by atoms with Crippen LogP contribution in [-0.4, -0.2) is 71.3 Å². The first-order valence-electron chi connectivity index (χ1n) is 20.0. The molecule has 0 saturated carbocycles. The monoisotopic (exact) mass is 799 g/mol. The van der Waals surface area contributed by atoms with E-state index >= 15 is 0 Å². The van der Waals surface area contributed by atoms with Crippen LogP contribution in [0.4, 0.5) is 4.79 Å². The average molecular weight is 800 g/mol. The molecule has 1 saturated heterocycles. The van der Waals surface area contributed by atoms with Crippen LogP contribution in [0.2, 0.25) is 0 Å². The van der Waals surface area contributed by atoms with Crippen molar-refractivity contribution in [3.8, 4) is 22.6 Å². The molecular formula is C47H49N3O7S. The third kappa shape index (κ3) is 7.86. The fourth-order valence-corrected chi connectivity index (χ4v) is 10.2. The zero-order valence-electron chi connectivity index (χ0n) is 32.9. The minimum Gasteiger partial charge on any atom is -0.457 e. The van der Waals surface area contributed by atoms with Crippen LogP contribution in [-0.2, 0) is 29.7 Å². The van der Waals surface area contributed by atoms with E-state index in [1.54, 1.807) is 31.4 Å². The van der Waals surface area contributed by atoms with Gasteiger partial charge in [-0.3, -0.25) is 4.79 Å². The van der Waals surface area contributed by atoms with Gasteiger partial charge in [-0.15, -0.1) is 0 Å². The summed E-state index contributed by atoms with van der Waals surface area (Å²) in [6.45, 7) is 3.01. The molecule has 300 valence electrons. The van der Waals surface area contributed by atoms with Crippen molar-refractivity contribution in [3.63, 3.8) is 0 Å². The molecule has 2 amide bonds. The SMILES string of the molecule is COCCCCC1(CNC(=O)[C@H]2C[C@@H](NS(=O)(=O)c3ccc(C)cc3)CN(C(=O)OCC3c4ccccc4-c4ccccc43)C2)c2ccccc2Oc2ccccc21. The number of carbonyl (C=O) groups excluding carboxylic acids is 2. The Labute approximate surface area is 340 Å². The second kappa shape index (κ2) is 16.8. The molecular weight excluding hydrogens is 751 g/mol. The minimum atomic E-state index is -3.97. The maximum Gasteiger partial charge on any atom is 0.409 e. The summed E-state index contributed by atoms with van der Waals surface area (Å²) in [5.41, 5.74) is 6.70. The van der Waals surface area contributed by atoms with Crippen molar-refractivity contribution in [3.05, 3.63) is 149 Å². The van der Waals surface area contributed by atoms with E-state index in [0.29, 0.717) is 6.61 Å². The molecule has 0 unspecified atom stereocenters. The first-order chi connectivity index (χ1) is 28.2. The molecule has 5 aromatic carbocycles. The van der Waals surface area contributed by atoms with Crippen LogP contribution in [0.1, 0.15) is 59.4 Å². The topological polar surface area (TPSA) is 123 Å². The molecule has 58 heavy (non-hydrogen) atoms. The Kier molecular flexibility index (Phi) is 11.4. The number of nitrogens with one attached hydrogen (secondary N) is 2. The van der Waals surface area contributed by atoms with Gasteiger partial charge in [0.1, 0.15) is 18.1 Å². The molecule has 8 rings (SSSR count). The molecule has 1 fully saturated rings. The Balaban J connectivity index is 1.05. The zero-order valence-corrected chi connectivity index (χ0v) is 33.7. The summed E-state index contributed by atoms with van der Waals surface area (Å²) in [6.07, 6.45) is 2.01. The first kappa shape index (κ1) is 39.3. The van der Waals surface area contributed by atoms with Crippen LogP contribution >= 0.6 is 0 Å². The number of aryl methyl sites for hydroxylation is 1. The maximum atomic E-state index is 14.5. The van der Waals surface area contributed by atoms with Gasteiger partial charge in [0.05, 0.1) is 10.8 Å². The summed E-state index contributed by atoms with van der Waals surface area (Å²) in [7, 11) is -2.28. The summed E-state index contributed by atoms with van der Waals surface area (Å²) in [4.78, 5) is 30.1. The van der Waals surface area contributed by atoms with E-state index in [2.05, 4.69) is 46.4 Å². The number of piperidine rings is 1. The number of rotatable bonds is 13. The smallest absolute Gasteiger partial charge is 0.409 e.